The predicted octanol–water partition coefficient (Wildman–Crippen LogP) is 4.31. The molecule has 2 aromatic carbocycles. The van der Waals surface area contributed by atoms with E-state index in [1.54, 1.807) is 0 Å². The van der Waals surface area contributed by atoms with Gasteiger partial charge < -0.3 is 14.4 Å². The number of nitrogens with zero attached hydrogens (tertiary/aromatic N) is 2. The normalized spacial score (nSPS) is 11.2. The van der Waals surface area contributed by atoms with E-state index in [-0.39, 0.29) is 6.61 Å². The Labute approximate surface area is 149 Å². The van der Waals surface area contributed by atoms with Gasteiger partial charge in [-0.2, -0.15) is 0 Å². The first kappa shape index (κ1) is 17.5. The van der Waals surface area contributed by atoms with Crippen molar-refractivity contribution in [3.63, 3.8) is 0 Å². The molecule has 1 aromatic heterocycles. The van der Waals surface area contributed by atoms with Gasteiger partial charge in [0.05, 0.1) is 17.6 Å². The van der Waals surface area contributed by atoms with Gasteiger partial charge in [-0.15, -0.1) is 0 Å². The van der Waals surface area contributed by atoms with E-state index in [1.165, 1.54) is 16.7 Å². The van der Waals surface area contributed by atoms with Crippen LogP contribution in [0.15, 0.2) is 36.4 Å². The highest BCUT2D eigenvalue weighted by Gasteiger charge is 2.11. The summed E-state index contributed by atoms with van der Waals surface area (Å²) in [6.45, 7) is 7.78. The summed E-state index contributed by atoms with van der Waals surface area (Å²) >= 11 is 0. The quantitative estimate of drug-likeness (QED) is 0.653. The highest BCUT2D eigenvalue weighted by molar-refractivity contribution is 5.78. The fourth-order valence-corrected chi connectivity index (χ4v) is 3.00. The van der Waals surface area contributed by atoms with Crippen LogP contribution in [-0.2, 0) is 13.2 Å². The van der Waals surface area contributed by atoms with Gasteiger partial charge in [-0.3, -0.25) is 0 Å². The molecular weight excluding hydrogens is 312 g/mol. The maximum atomic E-state index is 9.62. The van der Waals surface area contributed by atoms with Gasteiger partial charge in [0.15, 0.2) is 0 Å². The number of unbranched alkanes of at least 4 members (excludes halogenated alkanes) is 1. The number of benzene rings is 2. The average Bonchev–Trinajstić information content (AvgIpc) is 2.93. The smallest absolute Gasteiger partial charge is 0.135 e. The first-order chi connectivity index (χ1) is 12.1. The Hall–Kier alpha value is -2.33. The van der Waals surface area contributed by atoms with Crippen LogP contribution in [0.25, 0.3) is 11.0 Å². The van der Waals surface area contributed by atoms with Crippen molar-refractivity contribution in [1.82, 2.24) is 9.55 Å². The van der Waals surface area contributed by atoms with Crippen molar-refractivity contribution in [2.45, 2.75) is 46.8 Å². The van der Waals surface area contributed by atoms with E-state index in [9.17, 15) is 5.11 Å². The second-order valence-corrected chi connectivity index (χ2v) is 6.63. The lowest BCUT2D eigenvalue weighted by Gasteiger charge is -2.10. The molecule has 4 nitrogen and oxygen atoms in total. The molecule has 0 aliphatic rings. The molecule has 0 fully saturated rings. The lowest BCUT2D eigenvalue weighted by Crippen LogP contribution is -2.06. The van der Waals surface area contributed by atoms with Crippen molar-refractivity contribution >= 4 is 11.0 Å². The molecule has 0 spiro atoms. The number of imidazole rings is 1. The van der Waals surface area contributed by atoms with Gasteiger partial charge in [-0.05, 0) is 69.0 Å². The fraction of sp³-hybridized carbons (Fsp3) is 0.381. The number of ether oxygens (including phenoxy) is 1. The van der Waals surface area contributed by atoms with Gasteiger partial charge >= 0.3 is 0 Å². The summed E-state index contributed by atoms with van der Waals surface area (Å²) in [7, 11) is 0. The Morgan fingerprint density at radius 1 is 1.00 bits per heavy atom. The van der Waals surface area contributed by atoms with Crippen LogP contribution in [0.4, 0.5) is 0 Å². The Morgan fingerprint density at radius 3 is 2.44 bits per heavy atom. The molecule has 25 heavy (non-hydrogen) atoms. The molecule has 0 saturated heterocycles. The van der Waals surface area contributed by atoms with Crippen LogP contribution in [0.5, 0.6) is 5.75 Å². The minimum absolute atomic E-state index is 0.0351. The van der Waals surface area contributed by atoms with Crippen LogP contribution < -0.4 is 4.74 Å². The first-order valence-electron chi connectivity index (χ1n) is 8.85. The minimum atomic E-state index is -0.0351. The van der Waals surface area contributed by atoms with Crippen LogP contribution in [-0.4, -0.2) is 21.3 Å². The van der Waals surface area contributed by atoms with Gasteiger partial charge in [0.25, 0.3) is 0 Å². The highest BCUT2D eigenvalue weighted by Crippen LogP contribution is 2.21. The zero-order valence-corrected chi connectivity index (χ0v) is 15.2. The standard InChI is InChI=1S/C21H26N2O2/c1-15-6-8-18(9-7-15)25-11-5-4-10-23-20-13-17(3)16(2)12-19(20)22-21(23)14-24/h6-9,12-13,24H,4-5,10-11,14H2,1-3H3. The van der Waals surface area contributed by atoms with Gasteiger partial charge in [-0.25, -0.2) is 4.98 Å². The SMILES string of the molecule is Cc1ccc(OCCCCn2c(CO)nc3cc(C)c(C)cc32)cc1. The summed E-state index contributed by atoms with van der Waals surface area (Å²) in [6, 6.07) is 12.4. The van der Waals surface area contributed by atoms with Crippen LogP contribution in [0.3, 0.4) is 0 Å². The molecule has 3 aromatic rings. The fourth-order valence-electron chi connectivity index (χ4n) is 3.00. The van der Waals surface area contributed by atoms with Crippen LogP contribution in [0.2, 0.25) is 0 Å². The number of aliphatic hydroxyl groups is 1. The topological polar surface area (TPSA) is 47.3 Å². The molecule has 132 valence electrons. The van der Waals surface area contributed by atoms with E-state index in [0.717, 1.165) is 42.0 Å². The summed E-state index contributed by atoms with van der Waals surface area (Å²) in [5.74, 6) is 1.65. The maximum absolute atomic E-state index is 9.62. The third kappa shape index (κ3) is 4.02. The largest absolute Gasteiger partial charge is 0.494 e. The molecule has 0 amide bonds. The molecular formula is C21H26N2O2. The molecule has 3 rings (SSSR count). The van der Waals surface area contributed by atoms with Crippen molar-refractivity contribution in [3.05, 3.63) is 58.9 Å². The molecule has 0 atom stereocenters. The lowest BCUT2D eigenvalue weighted by molar-refractivity contribution is 0.263. The number of hydrogen-bond acceptors (Lipinski definition) is 3. The highest BCUT2D eigenvalue weighted by atomic mass is 16.5. The number of rotatable bonds is 7. The molecule has 4 heteroatoms. The van der Waals surface area contributed by atoms with Crippen LogP contribution in [0, 0.1) is 20.8 Å². The van der Waals surface area contributed by atoms with Gasteiger partial charge in [0, 0.05) is 6.54 Å². The molecule has 1 heterocycles. The first-order valence-corrected chi connectivity index (χ1v) is 8.85. The van der Waals surface area contributed by atoms with Crippen LogP contribution >= 0.6 is 0 Å². The predicted molar refractivity (Wildman–Crippen MR) is 101 cm³/mol. The van der Waals surface area contributed by atoms with Crippen molar-refractivity contribution < 1.29 is 9.84 Å². The molecule has 1 N–H and O–H groups in total. The Bertz CT molecular complexity index is 850. The lowest BCUT2D eigenvalue weighted by atomic mass is 10.1. The van der Waals surface area contributed by atoms with E-state index < -0.39 is 0 Å². The second-order valence-electron chi connectivity index (χ2n) is 6.63. The van der Waals surface area contributed by atoms with E-state index >= 15 is 0 Å². The van der Waals surface area contributed by atoms with Crippen molar-refractivity contribution in [2.75, 3.05) is 6.61 Å². The van der Waals surface area contributed by atoms with Crippen molar-refractivity contribution in [1.29, 1.82) is 0 Å². The summed E-state index contributed by atoms with van der Waals surface area (Å²) in [4.78, 5) is 4.57. The molecule has 0 aliphatic carbocycles. The van der Waals surface area contributed by atoms with E-state index in [0.29, 0.717) is 6.61 Å². The third-order valence-corrected chi connectivity index (χ3v) is 4.65. The van der Waals surface area contributed by atoms with Crippen molar-refractivity contribution in [2.24, 2.45) is 0 Å². The molecule has 0 saturated carbocycles. The monoisotopic (exact) mass is 338 g/mol. The van der Waals surface area contributed by atoms with Gasteiger partial charge in [0.2, 0.25) is 0 Å². The maximum Gasteiger partial charge on any atom is 0.135 e. The number of aromatic nitrogens is 2. The molecule has 0 aliphatic heterocycles. The van der Waals surface area contributed by atoms with Gasteiger partial charge in [0.1, 0.15) is 18.2 Å². The van der Waals surface area contributed by atoms with Crippen molar-refractivity contribution in [3.8, 4) is 5.75 Å². The molecule has 0 radical (unpaired) electrons. The number of aliphatic hydroxyl groups excluding tert-OH is 1. The average molecular weight is 338 g/mol. The molecule has 0 bridgehead atoms. The van der Waals surface area contributed by atoms with E-state index in [4.69, 9.17) is 4.74 Å². The summed E-state index contributed by atoms with van der Waals surface area (Å²) in [5.41, 5.74) is 5.78. The second kappa shape index (κ2) is 7.70. The third-order valence-electron chi connectivity index (χ3n) is 4.65. The molecule has 0 unspecified atom stereocenters. The minimum Gasteiger partial charge on any atom is -0.494 e. The van der Waals surface area contributed by atoms with Crippen LogP contribution in [0.1, 0.15) is 35.4 Å². The van der Waals surface area contributed by atoms with E-state index in [1.807, 2.05) is 12.1 Å². The van der Waals surface area contributed by atoms with Gasteiger partial charge in [-0.1, -0.05) is 17.7 Å². The Morgan fingerprint density at radius 2 is 1.72 bits per heavy atom. The Balaban J connectivity index is 1.60. The number of fused-ring (bicyclic) bond motifs is 1. The summed E-state index contributed by atoms with van der Waals surface area (Å²) < 4.78 is 7.92. The zero-order valence-electron chi connectivity index (χ0n) is 15.2. The summed E-state index contributed by atoms with van der Waals surface area (Å²) in [5, 5.41) is 9.62. The Kier molecular flexibility index (Phi) is 5.39. The number of aryl methyl sites for hydroxylation is 4. The number of hydrogen-bond donors (Lipinski definition) is 1. The summed E-state index contributed by atoms with van der Waals surface area (Å²) in [6.07, 6.45) is 1.94. The zero-order chi connectivity index (χ0) is 17.8. The van der Waals surface area contributed by atoms with E-state index in [2.05, 4.69) is 54.6 Å².